The van der Waals surface area contributed by atoms with E-state index < -0.39 is 0 Å². The third-order valence-corrected chi connectivity index (χ3v) is 0. The molecule has 0 aromatic heterocycles. The summed E-state index contributed by atoms with van der Waals surface area (Å²) in [5, 5.41) is 0. The van der Waals surface area contributed by atoms with Gasteiger partial charge in [-0.3, -0.25) is 0 Å². The van der Waals surface area contributed by atoms with E-state index in [1.54, 1.807) is 0 Å². The summed E-state index contributed by atoms with van der Waals surface area (Å²) < 4.78 is 0. The number of hydrogen-bond acceptors (Lipinski definition) is 0. The predicted octanol–water partition coefficient (Wildman–Crippen LogP) is -1.84. The second-order valence-electron chi connectivity index (χ2n) is 0. The molecule has 0 aliphatic rings. The normalized spacial score (nSPS) is 0. The maximum absolute atomic E-state index is 0. The van der Waals surface area contributed by atoms with E-state index in [-0.39, 0.29) is 74.7 Å². The first-order valence-corrected chi connectivity index (χ1v) is 0. The van der Waals surface area contributed by atoms with Crippen molar-refractivity contribution in [3.63, 3.8) is 0 Å². The van der Waals surface area contributed by atoms with Gasteiger partial charge >= 0.3 is 0 Å². The Balaban J connectivity index is 0. The van der Waals surface area contributed by atoms with Gasteiger partial charge in [0.1, 0.15) is 0 Å². The van der Waals surface area contributed by atoms with Crippen LogP contribution >= 0.6 is 0 Å². The largest absolute Gasteiger partial charge is 0.0149 e. The zero-order chi connectivity index (χ0) is 0. The Morgan fingerprint density at radius 3 is 1.00 bits per heavy atom. The van der Waals surface area contributed by atoms with Crippen LogP contribution in [-0.4, -0.2) is 19.4 Å². The Bertz CT molecular complexity index is 11.6. The summed E-state index contributed by atoms with van der Waals surface area (Å²) in [6, 6.07) is 0. The molecule has 0 atom stereocenters. The van der Waals surface area contributed by atoms with Crippen LogP contribution in [0, 0.1) is 0 Å². The fourth-order valence-corrected chi connectivity index (χ4v) is 0. The summed E-state index contributed by atoms with van der Waals surface area (Å²) in [4.78, 5) is 0. The molecule has 33 valence electrons. The molecule has 0 rings (SSSR count). The Morgan fingerprint density at radius 2 is 1.00 bits per heavy atom. The second-order valence-corrected chi connectivity index (χ2v) is 0. The van der Waals surface area contributed by atoms with Crippen molar-refractivity contribution in [1.29, 1.82) is 0 Å². The van der Waals surface area contributed by atoms with Crippen molar-refractivity contribution in [3.05, 3.63) is 0 Å². The molecule has 0 aliphatic carbocycles. The van der Waals surface area contributed by atoms with Crippen molar-refractivity contribution >= 4 is 19.4 Å². The second kappa shape index (κ2) is 37.4. The van der Waals surface area contributed by atoms with E-state index in [0.717, 1.165) is 0 Å². The van der Waals surface area contributed by atoms with Crippen LogP contribution in [0.15, 0.2) is 0 Å². The van der Waals surface area contributed by atoms with Gasteiger partial charge in [-0.25, -0.2) is 0 Å². The van der Waals surface area contributed by atoms with E-state index in [1.807, 2.05) is 0 Å². The van der Waals surface area contributed by atoms with Crippen LogP contribution in [0.25, 0.3) is 0 Å². The van der Waals surface area contributed by atoms with Gasteiger partial charge < -0.3 is 0 Å². The molecule has 0 unspecified atom stereocenters. The molecular weight excluding hydrogens is 201 g/mol. The molecular formula is H4BFeNiSiTi. The van der Waals surface area contributed by atoms with E-state index in [1.165, 1.54) is 0 Å². The van der Waals surface area contributed by atoms with Crippen LogP contribution in [0.5, 0.6) is 0 Å². The molecule has 0 heterocycles. The molecule has 0 nitrogen and oxygen atoms in total. The molecule has 0 aromatic carbocycles. The van der Waals surface area contributed by atoms with E-state index in [9.17, 15) is 0 Å². The Labute approximate surface area is 74.1 Å². The molecule has 3 radical (unpaired) electrons. The molecule has 0 spiro atoms. The molecule has 0 aromatic rings. The fourth-order valence-electron chi connectivity index (χ4n) is 0. The SMILES string of the molecule is [B].[Fe].[Ni].[SiH4].[Ti]. The molecule has 0 N–H and O–H groups in total. The summed E-state index contributed by atoms with van der Waals surface area (Å²) in [6.45, 7) is 0. The van der Waals surface area contributed by atoms with Gasteiger partial charge in [0, 0.05) is 63.7 Å². The van der Waals surface area contributed by atoms with Gasteiger partial charge in [0.15, 0.2) is 0 Å². The van der Waals surface area contributed by atoms with Gasteiger partial charge in [0.05, 0.1) is 0 Å². The minimum absolute atomic E-state index is 0. The van der Waals surface area contributed by atoms with Crippen LogP contribution in [0.3, 0.4) is 0 Å². The molecule has 0 saturated carbocycles. The van der Waals surface area contributed by atoms with Gasteiger partial charge in [0.2, 0.25) is 0 Å². The first kappa shape index (κ1) is 62.7. The minimum atomic E-state index is 0. The van der Waals surface area contributed by atoms with Crippen molar-refractivity contribution in [1.82, 2.24) is 0 Å². The van der Waals surface area contributed by atoms with Crippen molar-refractivity contribution in [2.24, 2.45) is 0 Å². The van der Waals surface area contributed by atoms with Crippen molar-refractivity contribution in [3.8, 4) is 0 Å². The summed E-state index contributed by atoms with van der Waals surface area (Å²) >= 11 is 0. The topological polar surface area (TPSA) is 0 Å². The molecule has 0 bridgehead atoms. The quantitative estimate of drug-likeness (QED) is 0.408. The minimum Gasteiger partial charge on any atom is -0.0149 e. The molecule has 5 heavy (non-hydrogen) atoms. The fraction of sp³-hybridized carbons (Fsp3) is 0. The summed E-state index contributed by atoms with van der Waals surface area (Å²) in [7, 11) is 0. The van der Waals surface area contributed by atoms with Gasteiger partial charge in [-0.2, -0.15) is 0 Å². The molecule has 0 aliphatic heterocycles. The average molecular weight is 205 g/mol. The maximum atomic E-state index is 0. The van der Waals surface area contributed by atoms with Crippen molar-refractivity contribution < 1.29 is 55.3 Å². The number of rotatable bonds is 0. The van der Waals surface area contributed by atoms with Crippen molar-refractivity contribution in [2.75, 3.05) is 0 Å². The van der Waals surface area contributed by atoms with Gasteiger partial charge in [-0.1, -0.05) is 0 Å². The predicted molar refractivity (Wildman–Crippen MR) is 17.1 cm³/mol. The van der Waals surface area contributed by atoms with Crippen LogP contribution in [-0.2, 0) is 55.3 Å². The number of hydrogen-bond donors (Lipinski definition) is 0. The van der Waals surface area contributed by atoms with Gasteiger partial charge in [0.25, 0.3) is 0 Å². The first-order chi connectivity index (χ1) is 0. The Hall–Kier alpha value is 2.01. The van der Waals surface area contributed by atoms with E-state index in [4.69, 9.17) is 0 Å². The molecule has 5 heteroatoms. The van der Waals surface area contributed by atoms with Gasteiger partial charge in [-0.05, 0) is 11.0 Å². The van der Waals surface area contributed by atoms with E-state index in [0.29, 0.717) is 0 Å². The first-order valence-electron chi connectivity index (χ1n) is 0. The zero-order valence-corrected chi connectivity index (χ0v) is 5.40. The third kappa shape index (κ3) is 23.9. The van der Waals surface area contributed by atoms with Crippen LogP contribution in [0.1, 0.15) is 0 Å². The summed E-state index contributed by atoms with van der Waals surface area (Å²) in [5.41, 5.74) is 0. The molecule has 0 saturated heterocycles. The molecule has 0 amide bonds. The monoisotopic (exact) mass is 205 g/mol. The smallest absolute Gasteiger partial charge is 0 e. The average Bonchev–Trinajstić information content (AvgIpc) is 0. The summed E-state index contributed by atoms with van der Waals surface area (Å²) in [5.74, 6) is 0. The standard InChI is InChI=1S/B.Fe.Ni.H4Si.Ti/h;;;1H4;. The zero-order valence-electron chi connectivity index (χ0n) is 1.75. The third-order valence-electron chi connectivity index (χ3n) is 0. The van der Waals surface area contributed by atoms with E-state index in [2.05, 4.69) is 0 Å². The Kier molecular flexibility index (Phi) is 468. The van der Waals surface area contributed by atoms with E-state index >= 15 is 0 Å². The van der Waals surface area contributed by atoms with Gasteiger partial charge in [-0.15, -0.1) is 0 Å². The molecule has 0 fully saturated rings. The van der Waals surface area contributed by atoms with Crippen LogP contribution < -0.4 is 0 Å². The van der Waals surface area contributed by atoms with Crippen molar-refractivity contribution in [2.45, 2.75) is 0 Å². The Morgan fingerprint density at radius 1 is 1.00 bits per heavy atom. The maximum Gasteiger partial charge on any atom is 0 e. The summed E-state index contributed by atoms with van der Waals surface area (Å²) in [6.07, 6.45) is 0. The van der Waals surface area contributed by atoms with Crippen LogP contribution in [0.4, 0.5) is 0 Å². The van der Waals surface area contributed by atoms with Crippen LogP contribution in [0.2, 0.25) is 0 Å².